The van der Waals surface area contributed by atoms with Gasteiger partial charge in [0.1, 0.15) is 5.52 Å². The second-order valence-corrected chi connectivity index (χ2v) is 6.77. The fraction of sp³-hybridized carbons (Fsp3) is 0.133. The first-order chi connectivity index (χ1) is 9.91. The minimum atomic E-state index is -3.80. The number of aryl methyl sites for hydroxylation is 2. The molecular weight excluding hydrogens is 288 g/mol. The van der Waals surface area contributed by atoms with Crippen LogP contribution in [-0.2, 0) is 10.0 Å². The van der Waals surface area contributed by atoms with Crippen LogP contribution in [-0.4, -0.2) is 17.4 Å². The Morgan fingerprint density at radius 2 is 1.71 bits per heavy atom. The van der Waals surface area contributed by atoms with Crippen LogP contribution in [0.15, 0.2) is 52.3 Å². The Hall–Kier alpha value is -2.34. The van der Waals surface area contributed by atoms with E-state index in [1.165, 1.54) is 6.20 Å². The van der Waals surface area contributed by atoms with Crippen LogP contribution in [0.1, 0.15) is 11.3 Å². The summed E-state index contributed by atoms with van der Waals surface area (Å²) in [7, 11) is -3.80. The second-order valence-electron chi connectivity index (χ2n) is 4.98. The maximum absolute atomic E-state index is 12.8. The molecule has 3 aromatic rings. The summed E-state index contributed by atoms with van der Waals surface area (Å²) in [6.07, 6.45) is 1.51. The van der Waals surface area contributed by atoms with Crippen molar-refractivity contribution in [3.63, 3.8) is 0 Å². The van der Waals surface area contributed by atoms with Gasteiger partial charge in [-0.1, -0.05) is 17.7 Å². The van der Waals surface area contributed by atoms with Gasteiger partial charge in [-0.05, 0) is 38.1 Å². The Kier molecular flexibility index (Phi) is 2.98. The van der Waals surface area contributed by atoms with Crippen LogP contribution < -0.4 is 5.56 Å². The van der Waals surface area contributed by atoms with Crippen LogP contribution in [0.5, 0.6) is 0 Å². The van der Waals surface area contributed by atoms with E-state index in [0.717, 1.165) is 9.54 Å². The number of aromatic amines is 1. The number of benzene rings is 1. The molecule has 0 aliphatic rings. The van der Waals surface area contributed by atoms with E-state index in [4.69, 9.17) is 0 Å². The minimum Gasteiger partial charge on any atom is -0.327 e. The first-order valence-electron chi connectivity index (χ1n) is 6.43. The van der Waals surface area contributed by atoms with Crippen molar-refractivity contribution in [3.8, 4) is 0 Å². The number of nitrogens with one attached hydrogen (secondary N) is 1. The Balaban J connectivity index is 2.36. The van der Waals surface area contributed by atoms with Crippen molar-refractivity contribution < 1.29 is 8.42 Å². The third-order valence-corrected chi connectivity index (χ3v) is 5.23. The standard InChI is InChI=1S/C15H14N2O3S/c1-10-3-5-13(6-4-10)21(19,20)17-11(2)9-12-7-8-16-15(18)14(12)17/h3-9H,1-2H3,(H,16,18). The topological polar surface area (TPSA) is 71.9 Å². The fourth-order valence-electron chi connectivity index (χ4n) is 2.40. The molecule has 0 bridgehead atoms. The molecule has 0 amide bonds. The summed E-state index contributed by atoms with van der Waals surface area (Å²) in [5.41, 5.74) is 1.20. The van der Waals surface area contributed by atoms with Crippen molar-refractivity contribution in [3.05, 3.63) is 64.2 Å². The van der Waals surface area contributed by atoms with E-state index in [0.29, 0.717) is 11.1 Å². The summed E-state index contributed by atoms with van der Waals surface area (Å²) in [4.78, 5) is 14.7. The molecule has 0 aliphatic heterocycles. The predicted octanol–water partition coefficient (Wildman–Crippen LogP) is 2.18. The fourth-order valence-corrected chi connectivity index (χ4v) is 3.95. The highest BCUT2D eigenvalue weighted by Gasteiger charge is 2.22. The zero-order chi connectivity index (χ0) is 15.2. The molecular formula is C15H14N2O3S. The lowest BCUT2D eigenvalue weighted by Gasteiger charge is -2.09. The Morgan fingerprint density at radius 3 is 2.38 bits per heavy atom. The van der Waals surface area contributed by atoms with Crippen molar-refractivity contribution >= 4 is 20.9 Å². The van der Waals surface area contributed by atoms with Crippen LogP contribution in [0.4, 0.5) is 0 Å². The molecule has 0 saturated heterocycles. The molecule has 1 aromatic carbocycles. The molecule has 0 fully saturated rings. The smallest absolute Gasteiger partial charge is 0.273 e. The van der Waals surface area contributed by atoms with Crippen molar-refractivity contribution in [1.82, 2.24) is 8.96 Å². The molecule has 0 unspecified atom stereocenters. The van der Waals surface area contributed by atoms with Crippen molar-refractivity contribution in [2.45, 2.75) is 18.7 Å². The van der Waals surface area contributed by atoms with Gasteiger partial charge in [0.15, 0.2) is 0 Å². The van der Waals surface area contributed by atoms with Crippen LogP contribution >= 0.6 is 0 Å². The summed E-state index contributed by atoms with van der Waals surface area (Å²) in [5, 5.41) is 0.604. The number of aromatic nitrogens is 2. The maximum atomic E-state index is 12.8. The van der Waals surface area contributed by atoms with Crippen LogP contribution in [0, 0.1) is 13.8 Å². The third kappa shape index (κ3) is 2.08. The van der Waals surface area contributed by atoms with E-state index in [-0.39, 0.29) is 10.4 Å². The lowest BCUT2D eigenvalue weighted by molar-refractivity contribution is 0.588. The molecule has 2 heterocycles. The molecule has 0 spiro atoms. The minimum absolute atomic E-state index is 0.149. The average Bonchev–Trinajstić information content (AvgIpc) is 2.77. The summed E-state index contributed by atoms with van der Waals surface area (Å²) in [6, 6.07) is 9.94. The summed E-state index contributed by atoms with van der Waals surface area (Å²) >= 11 is 0. The Labute approximate surface area is 121 Å². The molecule has 5 nitrogen and oxygen atoms in total. The number of hydrogen-bond donors (Lipinski definition) is 1. The molecule has 108 valence electrons. The van der Waals surface area contributed by atoms with Gasteiger partial charge in [0.05, 0.1) is 4.90 Å². The van der Waals surface area contributed by atoms with Crippen molar-refractivity contribution in [1.29, 1.82) is 0 Å². The zero-order valence-electron chi connectivity index (χ0n) is 11.6. The van der Waals surface area contributed by atoms with E-state index >= 15 is 0 Å². The lowest BCUT2D eigenvalue weighted by Crippen LogP contribution is -2.19. The third-order valence-electron chi connectivity index (χ3n) is 3.41. The van der Waals surface area contributed by atoms with E-state index in [2.05, 4.69) is 4.98 Å². The SMILES string of the molecule is Cc1ccc(S(=O)(=O)n2c(C)cc3cc[nH]c(=O)c32)cc1. The zero-order valence-corrected chi connectivity index (χ0v) is 12.4. The molecule has 0 aliphatic carbocycles. The van der Waals surface area contributed by atoms with E-state index < -0.39 is 15.6 Å². The van der Waals surface area contributed by atoms with Gasteiger partial charge in [-0.3, -0.25) is 4.79 Å². The van der Waals surface area contributed by atoms with Crippen molar-refractivity contribution in [2.24, 2.45) is 0 Å². The monoisotopic (exact) mass is 302 g/mol. The van der Waals surface area contributed by atoms with E-state index in [1.807, 2.05) is 6.92 Å². The molecule has 1 N–H and O–H groups in total. The maximum Gasteiger partial charge on any atom is 0.273 e. The average molecular weight is 302 g/mol. The number of rotatable bonds is 2. The van der Waals surface area contributed by atoms with Gasteiger partial charge in [0, 0.05) is 17.3 Å². The largest absolute Gasteiger partial charge is 0.327 e. The first-order valence-corrected chi connectivity index (χ1v) is 7.87. The van der Waals surface area contributed by atoms with E-state index in [9.17, 15) is 13.2 Å². The van der Waals surface area contributed by atoms with Crippen LogP contribution in [0.2, 0.25) is 0 Å². The highest BCUT2D eigenvalue weighted by Crippen LogP contribution is 2.23. The predicted molar refractivity (Wildman–Crippen MR) is 81.1 cm³/mol. The Morgan fingerprint density at radius 1 is 1.05 bits per heavy atom. The number of pyridine rings is 1. The highest BCUT2D eigenvalue weighted by atomic mass is 32.2. The molecule has 0 radical (unpaired) electrons. The molecule has 0 atom stereocenters. The van der Waals surface area contributed by atoms with Gasteiger partial charge >= 0.3 is 0 Å². The number of nitrogens with zero attached hydrogens (tertiary/aromatic N) is 1. The summed E-state index contributed by atoms with van der Waals surface area (Å²) in [5.74, 6) is 0. The van der Waals surface area contributed by atoms with E-state index in [1.54, 1.807) is 43.3 Å². The summed E-state index contributed by atoms with van der Waals surface area (Å²) in [6.45, 7) is 3.56. The number of fused-ring (bicyclic) bond motifs is 1. The van der Waals surface area contributed by atoms with Gasteiger partial charge in [0.25, 0.3) is 15.6 Å². The van der Waals surface area contributed by atoms with Crippen LogP contribution in [0.3, 0.4) is 0 Å². The summed E-state index contributed by atoms with van der Waals surface area (Å²) < 4.78 is 26.7. The quantitative estimate of drug-likeness (QED) is 0.788. The molecule has 0 saturated carbocycles. The molecule has 2 aromatic heterocycles. The van der Waals surface area contributed by atoms with Gasteiger partial charge in [-0.15, -0.1) is 0 Å². The Bertz CT molecular complexity index is 980. The molecule has 21 heavy (non-hydrogen) atoms. The molecule has 6 heteroatoms. The second kappa shape index (κ2) is 4.60. The highest BCUT2D eigenvalue weighted by molar-refractivity contribution is 7.90. The van der Waals surface area contributed by atoms with Gasteiger partial charge in [-0.2, -0.15) is 0 Å². The number of H-pyrrole nitrogens is 1. The van der Waals surface area contributed by atoms with Gasteiger partial charge in [0.2, 0.25) is 0 Å². The van der Waals surface area contributed by atoms with Crippen molar-refractivity contribution in [2.75, 3.05) is 0 Å². The van der Waals surface area contributed by atoms with Gasteiger partial charge < -0.3 is 4.98 Å². The van der Waals surface area contributed by atoms with Gasteiger partial charge in [-0.25, -0.2) is 12.4 Å². The normalized spacial score (nSPS) is 11.9. The first kappa shape index (κ1) is 13.6. The lowest BCUT2D eigenvalue weighted by atomic mass is 10.2. The molecule has 3 rings (SSSR count). The van der Waals surface area contributed by atoms with Crippen LogP contribution in [0.25, 0.3) is 10.9 Å². The number of hydrogen-bond acceptors (Lipinski definition) is 3.